The van der Waals surface area contributed by atoms with Crippen LogP contribution in [0.4, 0.5) is 0 Å². The van der Waals surface area contributed by atoms with Crippen LogP contribution >= 0.6 is 0 Å². The number of fused-ring (bicyclic) bond motifs is 1. The lowest BCUT2D eigenvalue weighted by atomic mass is 10.1. The average molecular weight is 273 g/mol. The minimum Gasteiger partial charge on any atom is -0.361 e. The van der Waals surface area contributed by atoms with E-state index in [0.29, 0.717) is 0 Å². The lowest BCUT2D eigenvalue weighted by molar-refractivity contribution is 0.0679. The number of aromatic nitrogens is 1. The maximum atomic E-state index is 12.7. The summed E-state index contributed by atoms with van der Waals surface area (Å²) in [5.74, 6) is 0.102. The SMILES string of the molecule is CCN(C(=O)c1ccc2[nH]ccc2c1)C(C)CN(C)C. The number of nitrogens with one attached hydrogen (secondary N) is 1. The second-order valence-electron chi connectivity index (χ2n) is 5.48. The minimum atomic E-state index is 0.102. The molecule has 0 radical (unpaired) electrons. The third kappa shape index (κ3) is 3.02. The highest BCUT2D eigenvalue weighted by molar-refractivity contribution is 5.98. The number of amides is 1. The summed E-state index contributed by atoms with van der Waals surface area (Å²) in [6, 6.07) is 8.01. The Morgan fingerprint density at radius 3 is 2.70 bits per heavy atom. The Morgan fingerprint density at radius 2 is 2.05 bits per heavy atom. The van der Waals surface area contributed by atoms with Crippen LogP contribution in [0.15, 0.2) is 30.5 Å². The van der Waals surface area contributed by atoms with Gasteiger partial charge in [-0.05, 0) is 52.2 Å². The van der Waals surface area contributed by atoms with Crippen molar-refractivity contribution < 1.29 is 4.79 Å². The summed E-state index contributed by atoms with van der Waals surface area (Å²) in [5.41, 5.74) is 1.82. The van der Waals surface area contributed by atoms with Gasteiger partial charge in [-0.2, -0.15) is 0 Å². The maximum absolute atomic E-state index is 12.7. The van der Waals surface area contributed by atoms with E-state index in [1.165, 1.54) is 0 Å². The second kappa shape index (κ2) is 6.09. The number of likely N-dealkylation sites (N-methyl/N-ethyl adjacent to an activating group) is 2. The Balaban J connectivity index is 2.22. The summed E-state index contributed by atoms with van der Waals surface area (Å²) in [5, 5.41) is 1.08. The molecule has 0 saturated heterocycles. The summed E-state index contributed by atoms with van der Waals surface area (Å²) in [7, 11) is 4.06. The van der Waals surface area contributed by atoms with Gasteiger partial charge in [0, 0.05) is 41.8 Å². The van der Waals surface area contributed by atoms with Gasteiger partial charge in [-0.1, -0.05) is 0 Å². The van der Waals surface area contributed by atoms with Gasteiger partial charge in [-0.25, -0.2) is 0 Å². The van der Waals surface area contributed by atoms with Gasteiger partial charge in [0.2, 0.25) is 0 Å². The van der Waals surface area contributed by atoms with Crippen LogP contribution in [-0.2, 0) is 0 Å². The van der Waals surface area contributed by atoms with E-state index in [0.717, 1.165) is 29.6 Å². The van der Waals surface area contributed by atoms with Crippen molar-refractivity contribution in [3.63, 3.8) is 0 Å². The van der Waals surface area contributed by atoms with E-state index in [4.69, 9.17) is 0 Å². The summed E-state index contributed by atoms with van der Waals surface area (Å²) in [6.07, 6.45) is 1.89. The monoisotopic (exact) mass is 273 g/mol. The van der Waals surface area contributed by atoms with Crippen LogP contribution in [0.25, 0.3) is 10.9 Å². The highest BCUT2D eigenvalue weighted by Crippen LogP contribution is 2.16. The van der Waals surface area contributed by atoms with Crippen LogP contribution in [0.2, 0.25) is 0 Å². The number of aromatic amines is 1. The molecule has 1 N–H and O–H groups in total. The topological polar surface area (TPSA) is 39.3 Å². The normalized spacial score (nSPS) is 12.8. The average Bonchev–Trinajstić information content (AvgIpc) is 2.85. The molecule has 4 heteroatoms. The third-order valence-corrected chi connectivity index (χ3v) is 3.56. The Kier molecular flexibility index (Phi) is 4.45. The predicted molar refractivity (Wildman–Crippen MR) is 83.0 cm³/mol. The fourth-order valence-corrected chi connectivity index (χ4v) is 2.63. The van der Waals surface area contributed by atoms with Crippen molar-refractivity contribution >= 4 is 16.8 Å². The largest absolute Gasteiger partial charge is 0.361 e. The van der Waals surface area contributed by atoms with Gasteiger partial charge in [0.25, 0.3) is 5.91 Å². The van der Waals surface area contributed by atoms with Crippen LogP contribution < -0.4 is 0 Å². The van der Waals surface area contributed by atoms with E-state index in [2.05, 4.69) is 16.8 Å². The van der Waals surface area contributed by atoms with Gasteiger partial charge in [0.15, 0.2) is 0 Å². The van der Waals surface area contributed by atoms with Crippen molar-refractivity contribution in [1.29, 1.82) is 0 Å². The molecule has 1 unspecified atom stereocenters. The molecule has 0 aliphatic rings. The molecule has 0 saturated carbocycles. The first-order chi connectivity index (χ1) is 9.52. The first kappa shape index (κ1) is 14.6. The van der Waals surface area contributed by atoms with Crippen molar-refractivity contribution in [2.24, 2.45) is 0 Å². The van der Waals surface area contributed by atoms with E-state index >= 15 is 0 Å². The molecule has 0 spiro atoms. The highest BCUT2D eigenvalue weighted by atomic mass is 16.2. The molecule has 0 aliphatic carbocycles. The maximum Gasteiger partial charge on any atom is 0.254 e. The molecule has 1 heterocycles. The smallest absolute Gasteiger partial charge is 0.254 e. The van der Waals surface area contributed by atoms with E-state index < -0.39 is 0 Å². The highest BCUT2D eigenvalue weighted by Gasteiger charge is 2.20. The standard InChI is InChI=1S/C16H23N3O/c1-5-19(12(2)11-18(3)4)16(20)14-6-7-15-13(10-14)8-9-17-15/h6-10,12,17H,5,11H2,1-4H3. The number of carbonyl (C=O) groups excluding carboxylic acids is 1. The number of carbonyl (C=O) groups is 1. The van der Waals surface area contributed by atoms with E-state index in [-0.39, 0.29) is 11.9 Å². The van der Waals surface area contributed by atoms with Crippen LogP contribution in [0, 0.1) is 0 Å². The van der Waals surface area contributed by atoms with Gasteiger partial charge in [-0.15, -0.1) is 0 Å². The van der Waals surface area contributed by atoms with Crippen LogP contribution in [0.3, 0.4) is 0 Å². The molecular formula is C16H23N3O. The molecule has 1 atom stereocenters. The lowest BCUT2D eigenvalue weighted by Gasteiger charge is -2.30. The van der Waals surface area contributed by atoms with E-state index in [1.807, 2.05) is 56.4 Å². The quantitative estimate of drug-likeness (QED) is 0.909. The summed E-state index contributed by atoms with van der Waals surface area (Å²) in [6.45, 7) is 5.71. The zero-order valence-corrected chi connectivity index (χ0v) is 12.7. The Morgan fingerprint density at radius 1 is 1.30 bits per heavy atom. The van der Waals surface area contributed by atoms with Crippen molar-refractivity contribution in [3.05, 3.63) is 36.0 Å². The Hall–Kier alpha value is -1.81. The summed E-state index contributed by atoms with van der Waals surface area (Å²) < 4.78 is 0. The number of benzene rings is 1. The third-order valence-electron chi connectivity index (χ3n) is 3.56. The second-order valence-corrected chi connectivity index (χ2v) is 5.48. The molecule has 2 rings (SSSR count). The number of hydrogen-bond donors (Lipinski definition) is 1. The van der Waals surface area contributed by atoms with Crippen molar-refractivity contribution in [3.8, 4) is 0 Å². The number of rotatable bonds is 5. The number of H-pyrrole nitrogens is 1. The molecule has 1 aromatic heterocycles. The summed E-state index contributed by atoms with van der Waals surface area (Å²) in [4.78, 5) is 19.8. The van der Waals surface area contributed by atoms with Crippen LogP contribution in [-0.4, -0.2) is 53.9 Å². The van der Waals surface area contributed by atoms with Crippen LogP contribution in [0.5, 0.6) is 0 Å². The van der Waals surface area contributed by atoms with Gasteiger partial charge in [0.05, 0.1) is 0 Å². The van der Waals surface area contributed by atoms with Crippen LogP contribution in [0.1, 0.15) is 24.2 Å². The molecule has 2 aromatic rings. The Bertz CT molecular complexity index is 588. The van der Waals surface area contributed by atoms with E-state index in [9.17, 15) is 4.79 Å². The molecule has 0 fully saturated rings. The van der Waals surface area contributed by atoms with Gasteiger partial charge < -0.3 is 14.8 Å². The molecule has 1 amide bonds. The van der Waals surface area contributed by atoms with Gasteiger partial charge in [0.1, 0.15) is 0 Å². The zero-order chi connectivity index (χ0) is 14.7. The van der Waals surface area contributed by atoms with Gasteiger partial charge in [-0.3, -0.25) is 4.79 Å². The Labute approximate surface area is 120 Å². The fourth-order valence-electron chi connectivity index (χ4n) is 2.63. The van der Waals surface area contributed by atoms with Crippen molar-refractivity contribution in [2.45, 2.75) is 19.9 Å². The predicted octanol–water partition coefficient (Wildman–Crippen LogP) is 2.58. The first-order valence-corrected chi connectivity index (χ1v) is 7.05. The van der Waals surface area contributed by atoms with Crippen molar-refractivity contribution in [1.82, 2.24) is 14.8 Å². The molecule has 1 aromatic carbocycles. The van der Waals surface area contributed by atoms with Crippen molar-refractivity contribution in [2.75, 3.05) is 27.2 Å². The zero-order valence-electron chi connectivity index (χ0n) is 12.7. The summed E-state index contributed by atoms with van der Waals surface area (Å²) >= 11 is 0. The van der Waals surface area contributed by atoms with Gasteiger partial charge >= 0.3 is 0 Å². The molecule has 0 aliphatic heterocycles. The molecule has 0 bridgehead atoms. The molecule has 108 valence electrons. The lowest BCUT2D eigenvalue weighted by Crippen LogP contribution is -2.43. The fraction of sp³-hybridized carbons (Fsp3) is 0.438. The van der Waals surface area contributed by atoms with E-state index in [1.54, 1.807) is 0 Å². The number of nitrogens with zero attached hydrogens (tertiary/aromatic N) is 2. The first-order valence-electron chi connectivity index (χ1n) is 7.05. The number of hydrogen-bond acceptors (Lipinski definition) is 2. The molecule has 20 heavy (non-hydrogen) atoms. The molecule has 4 nitrogen and oxygen atoms in total. The minimum absolute atomic E-state index is 0.102. The molecular weight excluding hydrogens is 250 g/mol.